The molecule has 1 aliphatic rings. The van der Waals surface area contributed by atoms with Gasteiger partial charge in [-0.1, -0.05) is 60.1 Å². The van der Waals surface area contributed by atoms with Gasteiger partial charge in [-0.05, 0) is 17.2 Å². The molecule has 0 amide bonds. The lowest BCUT2D eigenvalue weighted by atomic mass is 10.2. The quantitative estimate of drug-likeness (QED) is 0.691. The molecule has 0 radical (unpaired) electrons. The maximum atomic E-state index is 6.21. The molecule has 144 valence electrons. The van der Waals surface area contributed by atoms with Gasteiger partial charge in [0.25, 0.3) is 0 Å². The topological polar surface area (TPSA) is 57.2 Å². The largest absolute Gasteiger partial charge is 0.353 e. The number of hydrogen-bond acceptors (Lipinski definition) is 6. The van der Waals surface area contributed by atoms with Crippen LogP contribution in [0.25, 0.3) is 0 Å². The van der Waals surface area contributed by atoms with Crippen molar-refractivity contribution in [2.24, 2.45) is 0 Å². The molecule has 0 atom stereocenters. The van der Waals surface area contributed by atoms with Gasteiger partial charge < -0.3 is 10.2 Å². The highest BCUT2D eigenvalue weighted by Crippen LogP contribution is 2.18. The van der Waals surface area contributed by atoms with Gasteiger partial charge in [-0.3, -0.25) is 4.90 Å². The SMILES string of the molecule is Clc1ccccc1CNc1nncc(N2CCN(Cc3ccccc3)CC2)n1. The Morgan fingerprint density at radius 3 is 2.46 bits per heavy atom. The molecular weight excluding hydrogens is 372 g/mol. The van der Waals surface area contributed by atoms with Gasteiger partial charge in [-0.25, -0.2) is 0 Å². The average Bonchev–Trinajstić information content (AvgIpc) is 2.75. The van der Waals surface area contributed by atoms with Crippen LogP contribution in [0.5, 0.6) is 0 Å². The first-order chi connectivity index (χ1) is 13.8. The predicted octanol–water partition coefficient (Wildman–Crippen LogP) is 3.46. The Kier molecular flexibility index (Phi) is 5.99. The highest BCUT2D eigenvalue weighted by Gasteiger charge is 2.19. The zero-order valence-electron chi connectivity index (χ0n) is 15.6. The number of rotatable bonds is 6. The number of benzene rings is 2. The first kappa shape index (κ1) is 18.7. The van der Waals surface area contributed by atoms with Crippen LogP contribution in [0.15, 0.2) is 60.8 Å². The number of nitrogens with zero attached hydrogens (tertiary/aromatic N) is 5. The summed E-state index contributed by atoms with van der Waals surface area (Å²) in [6.45, 7) is 5.41. The number of aromatic nitrogens is 3. The first-order valence-corrected chi connectivity index (χ1v) is 9.84. The van der Waals surface area contributed by atoms with Crippen LogP contribution >= 0.6 is 11.6 Å². The first-order valence-electron chi connectivity index (χ1n) is 9.46. The standard InChI is InChI=1S/C21H23ClN6/c22-19-9-5-4-8-18(19)14-23-21-25-20(15-24-26-21)28-12-10-27(11-13-28)16-17-6-2-1-3-7-17/h1-9,15H,10-14,16H2,(H,23,25,26). The summed E-state index contributed by atoms with van der Waals surface area (Å²) >= 11 is 6.21. The summed E-state index contributed by atoms with van der Waals surface area (Å²) in [5, 5.41) is 12.2. The summed E-state index contributed by atoms with van der Waals surface area (Å²) < 4.78 is 0. The number of anilines is 2. The third-order valence-electron chi connectivity index (χ3n) is 4.89. The summed E-state index contributed by atoms with van der Waals surface area (Å²) in [5.74, 6) is 1.38. The van der Waals surface area contributed by atoms with Crippen LogP contribution in [-0.2, 0) is 13.1 Å². The summed E-state index contributed by atoms with van der Waals surface area (Å²) in [6.07, 6.45) is 1.73. The molecule has 0 saturated carbocycles. The second-order valence-corrected chi connectivity index (χ2v) is 7.24. The highest BCUT2D eigenvalue weighted by molar-refractivity contribution is 6.31. The Bertz CT molecular complexity index is 896. The van der Waals surface area contributed by atoms with Gasteiger partial charge >= 0.3 is 0 Å². The number of piperazine rings is 1. The van der Waals surface area contributed by atoms with Gasteiger partial charge in [-0.2, -0.15) is 10.1 Å². The van der Waals surface area contributed by atoms with E-state index in [0.29, 0.717) is 12.5 Å². The third kappa shape index (κ3) is 4.77. The van der Waals surface area contributed by atoms with Crippen molar-refractivity contribution in [3.8, 4) is 0 Å². The van der Waals surface area contributed by atoms with Gasteiger partial charge in [0.2, 0.25) is 5.95 Å². The average molecular weight is 395 g/mol. The minimum absolute atomic E-state index is 0.518. The molecule has 6 nitrogen and oxygen atoms in total. The van der Waals surface area contributed by atoms with Crippen molar-refractivity contribution in [3.63, 3.8) is 0 Å². The fraction of sp³-hybridized carbons (Fsp3) is 0.286. The van der Waals surface area contributed by atoms with Crippen LogP contribution in [0, 0.1) is 0 Å². The van der Waals surface area contributed by atoms with Crippen LogP contribution in [0.2, 0.25) is 5.02 Å². The van der Waals surface area contributed by atoms with E-state index < -0.39 is 0 Å². The Hall–Kier alpha value is -2.70. The van der Waals surface area contributed by atoms with Crippen molar-refractivity contribution in [2.45, 2.75) is 13.1 Å². The predicted molar refractivity (Wildman–Crippen MR) is 113 cm³/mol. The van der Waals surface area contributed by atoms with Crippen molar-refractivity contribution >= 4 is 23.4 Å². The van der Waals surface area contributed by atoms with E-state index in [-0.39, 0.29) is 0 Å². The lowest BCUT2D eigenvalue weighted by molar-refractivity contribution is 0.249. The van der Waals surface area contributed by atoms with Gasteiger partial charge in [0.15, 0.2) is 5.82 Å². The van der Waals surface area contributed by atoms with E-state index in [4.69, 9.17) is 11.6 Å². The van der Waals surface area contributed by atoms with E-state index in [9.17, 15) is 0 Å². The minimum Gasteiger partial charge on any atom is -0.353 e. The van der Waals surface area contributed by atoms with E-state index in [1.807, 2.05) is 24.3 Å². The number of nitrogens with one attached hydrogen (secondary N) is 1. The van der Waals surface area contributed by atoms with E-state index in [0.717, 1.165) is 49.1 Å². The zero-order valence-corrected chi connectivity index (χ0v) is 16.4. The van der Waals surface area contributed by atoms with E-state index in [2.05, 4.69) is 60.6 Å². The molecule has 1 fully saturated rings. The van der Waals surface area contributed by atoms with Crippen molar-refractivity contribution in [1.82, 2.24) is 20.1 Å². The maximum Gasteiger partial charge on any atom is 0.244 e. The molecule has 3 aromatic rings. The molecule has 0 bridgehead atoms. The Labute approximate surface area is 170 Å². The molecule has 4 rings (SSSR count). The molecule has 0 unspecified atom stereocenters. The molecule has 2 heterocycles. The van der Waals surface area contributed by atoms with Crippen LogP contribution < -0.4 is 10.2 Å². The monoisotopic (exact) mass is 394 g/mol. The fourth-order valence-corrected chi connectivity index (χ4v) is 3.52. The number of halogens is 1. The fourth-order valence-electron chi connectivity index (χ4n) is 3.31. The second kappa shape index (κ2) is 8.99. The zero-order chi connectivity index (χ0) is 19.2. The van der Waals surface area contributed by atoms with E-state index in [1.165, 1.54) is 5.56 Å². The molecule has 2 aromatic carbocycles. The van der Waals surface area contributed by atoms with Gasteiger partial charge in [-0.15, -0.1) is 5.10 Å². The minimum atomic E-state index is 0.518. The van der Waals surface area contributed by atoms with E-state index in [1.54, 1.807) is 6.20 Å². The second-order valence-electron chi connectivity index (χ2n) is 6.83. The van der Waals surface area contributed by atoms with Crippen LogP contribution in [0.4, 0.5) is 11.8 Å². The van der Waals surface area contributed by atoms with Gasteiger partial charge in [0.05, 0.1) is 6.20 Å². The summed E-state index contributed by atoms with van der Waals surface area (Å²) in [4.78, 5) is 9.36. The third-order valence-corrected chi connectivity index (χ3v) is 5.25. The van der Waals surface area contributed by atoms with Crippen LogP contribution in [0.1, 0.15) is 11.1 Å². The van der Waals surface area contributed by atoms with Crippen molar-refractivity contribution in [1.29, 1.82) is 0 Å². The Balaban J connectivity index is 1.33. The normalized spacial score (nSPS) is 14.8. The van der Waals surface area contributed by atoms with Gasteiger partial charge in [0.1, 0.15) is 0 Å². The lowest BCUT2D eigenvalue weighted by Crippen LogP contribution is -2.46. The smallest absolute Gasteiger partial charge is 0.244 e. The van der Waals surface area contributed by atoms with Crippen molar-refractivity contribution in [2.75, 3.05) is 36.4 Å². The Morgan fingerprint density at radius 1 is 0.929 bits per heavy atom. The van der Waals surface area contributed by atoms with Crippen molar-refractivity contribution in [3.05, 3.63) is 76.9 Å². The number of hydrogen-bond donors (Lipinski definition) is 1. The molecule has 28 heavy (non-hydrogen) atoms. The molecular formula is C21H23ClN6. The van der Waals surface area contributed by atoms with Crippen molar-refractivity contribution < 1.29 is 0 Å². The summed E-state index contributed by atoms with van der Waals surface area (Å²) in [7, 11) is 0. The van der Waals surface area contributed by atoms with Crippen LogP contribution in [-0.4, -0.2) is 46.3 Å². The molecule has 0 aliphatic carbocycles. The van der Waals surface area contributed by atoms with E-state index >= 15 is 0 Å². The summed E-state index contributed by atoms with van der Waals surface area (Å²) in [6, 6.07) is 18.3. The molecule has 1 N–H and O–H groups in total. The molecule has 7 heteroatoms. The summed E-state index contributed by atoms with van der Waals surface area (Å²) in [5.41, 5.74) is 2.36. The Morgan fingerprint density at radius 2 is 1.68 bits per heavy atom. The molecule has 1 aromatic heterocycles. The highest BCUT2D eigenvalue weighted by atomic mass is 35.5. The maximum absolute atomic E-state index is 6.21. The molecule has 1 saturated heterocycles. The molecule has 0 spiro atoms. The lowest BCUT2D eigenvalue weighted by Gasteiger charge is -2.35. The van der Waals surface area contributed by atoms with Crippen LogP contribution in [0.3, 0.4) is 0 Å². The van der Waals surface area contributed by atoms with Gasteiger partial charge in [0, 0.05) is 44.3 Å². The molecule has 1 aliphatic heterocycles.